The molecule has 0 bridgehead atoms. The molecule has 0 amide bonds. The minimum atomic E-state index is -0.496. The second-order valence-electron chi connectivity index (χ2n) is 4.95. The van der Waals surface area contributed by atoms with Gasteiger partial charge in [0.15, 0.2) is 0 Å². The van der Waals surface area contributed by atoms with E-state index in [1.165, 1.54) is 0 Å². The van der Waals surface area contributed by atoms with E-state index < -0.39 is 5.60 Å². The second-order valence-corrected chi connectivity index (χ2v) is 4.95. The number of piperidine rings is 1. The summed E-state index contributed by atoms with van der Waals surface area (Å²) in [6.45, 7) is 6.28. The van der Waals surface area contributed by atoms with Gasteiger partial charge in [0, 0.05) is 26.2 Å². The molecule has 0 saturated carbocycles. The minimum Gasteiger partial charge on any atom is -0.387 e. The highest BCUT2D eigenvalue weighted by Gasteiger charge is 2.33. The van der Waals surface area contributed by atoms with Crippen LogP contribution < -0.4 is 0 Å². The maximum absolute atomic E-state index is 10.5. The lowest BCUT2D eigenvalue weighted by Crippen LogP contribution is -2.55. The third-order valence-corrected chi connectivity index (χ3v) is 3.37. The molecule has 2 rings (SSSR count). The Morgan fingerprint density at radius 1 is 1.27 bits per heavy atom. The van der Waals surface area contributed by atoms with Crippen LogP contribution in [0.2, 0.25) is 0 Å². The molecule has 0 spiro atoms. The molecular weight excluding hydrogens is 192 g/mol. The second kappa shape index (κ2) is 4.78. The summed E-state index contributed by atoms with van der Waals surface area (Å²) in [4.78, 5) is 4.55. The van der Waals surface area contributed by atoms with E-state index in [1.54, 1.807) is 0 Å². The number of likely N-dealkylation sites (N-methyl/N-ethyl adjacent to an activating group) is 1. The smallest absolute Gasteiger partial charge is 0.0900 e. The molecule has 2 saturated heterocycles. The zero-order chi connectivity index (χ0) is 10.7. The van der Waals surface area contributed by atoms with Crippen LogP contribution in [0.5, 0.6) is 0 Å². The van der Waals surface area contributed by atoms with Crippen molar-refractivity contribution in [2.24, 2.45) is 0 Å². The summed E-state index contributed by atoms with van der Waals surface area (Å²) in [5.74, 6) is 0. The largest absolute Gasteiger partial charge is 0.387 e. The molecule has 2 heterocycles. The Bertz CT molecular complexity index is 207. The summed E-state index contributed by atoms with van der Waals surface area (Å²) in [5.41, 5.74) is -0.496. The molecule has 2 aliphatic heterocycles. The highest BCUT2D eigenvalue weighted by Crippen LogP contribution is 2.21. The zero-order valence-electron chi connectivity index (χ0n) is 9.61. The van der Waals surface area contributed by atoms with E-state index in [1.807, 2.05) is 0 Å². The standard InChI is InChI=1S/C11H22N2O2/c1-12-4-2-3-11(14,9-12)10-13-5-7-15-8-6-13/h14H,2-10H2,1H3. The number of hydrogen-bond acceptors (Lipinski definition) is 4. The van der Waals surface area contributed by atoms with Gasteiger partial charge in [-0.2, -0.15) is 0 Å². The maximum atomic E-state index is 10.5. The van der Waals surface area contributed by atoms with E-state index >= 15 is 0 Å². The number of nitrogens with zero attached hydrogens (tertiary/aromatic N) is 2. The molecule has 4 heteroatoms. The van der Waals surface area contributed by atoms with Gasteiger partial charge in [-0.1, -0.05) is 0 Å². The van der Waals surface area contributed by atoms with Crippen molar-refractivity contribution in [2.45, 2.75) is 18.4 Å². The molecule has 0 aromatic heterocycles. The van der Waals surface area contributed by atoms with Crippen LogP contribution in [0, 0.1) is 0 Å². The fraction of sp³-hybridized carbons (Fsp3) is 1.00. The Balaban J connectivity index is 1.85. The van der Waals surface area contributed by atoms with Crippen molar-refractivity contribution in [2.75, 3.05) is 53.0 Å². The topological polar surface area (TPSA) is 35.9 Å². The van der Waals surface area contributed by atoms with Crippen LogP contribution in [0.3, 0.4) is 0 Å². The van der Waals surface area contributed by atoms with Gasteiger partial charge in [0.05, 0.1) is 18.8 Å². The summed E-state index contributed by atoms with van der Waals surface area (Å²) < 4.78 is 5.31. The van der Waals surface area contributed by atoms with Crippen molar-refractivity contribution < 1.29 is 9.84 Å². The zero-order valence-corrected chi connectivity index (χ0v) is 9.61. The van der Waals surface area contributed by atoms with Gasteiger partial charge in [-0.05, 0) is 26.4 Å². The van der Waals surface area contributed by atoms with Gasteiger partial charge < -0.3 is 14.7 Å². The Morgan fingerprint density at radius 3 is 2.67 bits per heavy atom. The van der Waals surface area contributed by atoms with Crippen LogP contribution in [0.4, 0.5) is 0 Å². The number of likely N-dealkylation sites (tertiary alicyclic amines) is 1. The van der Waals surface area contributed by atoms with E-state index in [0.29, 0.717) is 0 Å². The van der Waals surface area contributed by atoms with E-state index in [9.17, 15) is 5.11 Å². The molecule has 0 aromatic rings. The van der Waals surface area contributed by atoms with Crippen molar-refractivity contribution in [3.8, 4) is 0 Å². The summed E-state index contributed by atoms with van der Waals surface area (Å²) >= 11 is 0. The average molecular weight is 214 g/mol. The van der Waals surface area contributed by atoms with Gasteiger partial charge in [0.1, 0.15) is 0 Å². The molecule has 0 aromatic carbocycles. The summed E-state index contributed by atoms with van der Waals surface area (Å²) in [6.07, 6.45) is 2.05. The van der Waals surface area contributed by atoms with E-state index in [0.717, 1.165) is 58.8 Å². The fourth-order valence-electron chi connectivity index (χ4n) is 2.64. The molecular formula is C11H22N2O2. The Kier molecular flexibility index (Phi) is 3.61. The minimum absolute atomic E-state index is 0.496. The predicted molar refractivity (Wildman–Crippen MR) is 58.9 cm³/mol. The summed E-state index contributed by atoms with van der Waals surface area (Å²) in [7, 11) is 2.09. The fourth-order valence-corrected chi connectivity index (χ4v) is 2.64. The molecule has 88 valence electrons. The molecule has 0 radical (unpaired) electrons. The van der Waals surface area contributed by atoms with E-state index in [4.69, 9.17) is 4.74 Å². The van der Waals surface area contributed by atoms with Crippen molar-refractivity contribution in [3.63, 3.8) is 0 Å². The summed E-state index contributed by atoms with van der Waals surface area (Å²) in [6, 6.07) is 0. The third-order valence-electron chi connectivity index (χ3n) is 3.37. The molecule has 2 aliphatic rings. The number of β-amino-alcohol motifs (C(OH)–C–C–N with tert-alkyl or cyclic N) is 1. The number of morpholine rings is 1. The van der Waals surface area contributed by atoms with E-state index in [2.05, 4.69) is 16.8 Å². The van der Waals surface area contributed by atoms with Gasteiger partial charge in [-0.15, -0.1) is 0 Å². The first-order chi connectivity index (χ1) is 7.18. The number of hydrogen-bond donors (Lipinski definition) is 1. The van der Waals surface area contributed by atoms with Crippen LogP contribution >= 0.6 is 0 Å². The normalized spacial score (nSPS) is 35.6. The molecule has 15 heavy (non-hydrogen) atoms. The predicted octanol–water partition coefficient (Wildman–Crippen LogP) is -0.225. The lowest BCUT2D eigenvalue weighted by Gasteiger charge is -2.41. The van der Waals surface area contributed by atoms with Crippen LogP contribution in [0.25, 0.3) is 0 Å². The summed E-state index contributed by atoms with van der Waals surface area (Å²) in [5, 5.41) is 10.5. The van der Waals surface area contributed by atoms with Crippen LogP contribution in [0.15, 0.2) is 0 Å². The number of ether oxygens (including phenoxy) is 1. The quantitative estimate of drug-likeness (QED) is 0.689. The molecule has 1 N–H and O–H groups in total. The first-order valence-electron chi connectivity index (χ1n) is 5.89. The third kappa shape index (κ3) is 3.14. The highest BCUT2D eigenvalue weighted by molar-refractivity contribution is 4.89. The molecule has 2 fully saturated rings. The van der Waals surface area contributed by atoms with Gasteiger partial charge in [-0.25, -0.2) is 0 Å². The Hall–Kier alpha value is -0.160. The van der Waals surface area contributed by atoms with Gasteiger partial charge >= 0.3 is 0 Å². The van der Waals surface area contributed by atoms with Gasteiger partial charge in [0.25, 0.3) is 0 Å². The number of aliphatic hydroxyl groups is 1. The SMILES string of the molecule is CN1CCCC(O)(CN2CCOCC2)C1. The Morgan fingerprint density at radius 2 is 2.00 bits per heavy atom. The van der Waals surface area contributed by atoms with E-state index in [-0.39, 0.29) is 0 Å². The van der Waals surface area contributed by atoms with Crippen molar-refractivity contribution in [1.82, 2.24) is 9.80 Å². The van der Waals surface area contributed by atoms with Gasteiger partial charge in [-0.3, -0.25) is 4.90 Å². The average Bonchev–Trinajstić information content (AvgIpc) is 2.18. The Labute approximate surface area is 91.8 Å². The monoisotopic (exact) mass is 214 g/mol. The van der Waals surface area contributed by atoms with Crippen molar-refractivity contribution in [3.05, 3.63) is 0 Å². The van der Waals surface area contributed by atoms with Crippen molar-refractivity contribution >= 4 is 0 Å². The lowest BCUT2D eigenvalue weighted by molar-refractivity contribution is -0.0652. The maximum Gasteiger partial charge on any atom is 0.0900 e. The highest BCUT2D eigenvalue weighted by atomic mass is 16.5. The molecule has 1 atom stereocenters. The first kappa shape index (κ1) is 11.3. The van der Waals surface area contributed by atoms with Crippen LogP contribution in [-0.2, 0) is 4.74 Å². The first-order valence-corrected chi connectivity index (χ1v) is 5.89. The van der Waals surface area contributed by atoms with Crippen LogP contribution in [-0.4, -0.2) is 73.5 Å². The molecule has 1 unspecified atom stereocenters. The number of rotatable bonds is 2. The molecule has 0 aliphatic carbocycles. The lowest BCUT2D eigenvalue weighted by atomic mass is 9.92. The molecule has 4 nitrogen and oxygen atoms in total. The van der Waals surface area contributed by atoms with Crippen molar-refractivity contribution in [1.29, 1.82) is 0 Å². The van der Waals surface area contributed by atoms with Crippen LogP contribution in [0.1, 0.15) is 12.8 Å². The van der Waals surface area contributed by atoms with Gasteiger partial charge in [0.2, 0.25) is 0 Å².